The Balaban J connectivity index is 2.40. The molecule has 1 unspecified atom stereocenters. The van der Waals surface area contributed by atoms with Gasteiger partial charge >= 0.3 is 6.18 Å². The number of benzene rings is 1. The average Bonchev–Trinajstić information content (AvgIpc) is 2.29. The monoisotopic (exact) mass is 326 g/mol. The molecule has 18 heavy (non-hydrogen) atoms. The fraction of sp³-hybridized carbons (Fsp3) is 0.455. The minimum Gasteiger partial charge on any atom is -0.370 e. The number of hydrogen-bond acceptors (Lipinski definition) is 3. The van der Waals surface area contributed by atoms with Gasteiger partial charge in [0.1, 0.15) is 6.61 Å². The van der Waals surface area contributed by atoms with E-state index in [-0.39, 0.29) is 12.6 Å². The number of nitrogens with one attached hydrogen (secondary N) is 1. The molecule has 0 aliphatic carbocycles. The van der Waals surface area contributed by atoms with Gasteiger partial charge in [0.15, 0.2) is 0 Å². The summed E-state index contributed by atoms with van der Waals surface area (Å²) in [7, 11) is 0. The van der Waals surface area contributed by atoms with Gasteiger partial charge in [-0.15, -0.1) is 0 Å². The number of halogens is 4. The summed E-state index contributed by atoms with van der Waals surface area (Å²) in [5.41, 5.74) is 3.42. The maximum absolute atomic E-state index is 11.9. The highest BCUT2D eigenvalue weighted by molar-refractivity contribution is 9.10. The summed E-state index contributed by atoms with van der Waals surface area (Å²) in [6.45, 7) is -1.35. The second-order valence-corrected chi connectivity index (χ2v) is 4.74. The van der Waals surface area contributed by atoms with Crippen LogP contribution in [0.15, 0.2) is 28.7 Å². The van der Waals surface area contributed by atoms with Gasteiger partial charge in [-0.3, -0.25) is 11.3 Å². The van der Waals surface area contributed by atoms with Crippen molar-refractivity contribution in [2.75, 3.05) is 13.2 Å². The molecule has 0 aromatic heterocycles. The van der Waals surface area contributed by atoms with Crippen molar-refractivity contribution in [1.82, 2.24) is 5.43 Å². The van der Waals surface area contributed by atoms with E-state index in [0.717, 1.165) is 10.0 Å². The Kier molecular flexibility index (Phi) is 6.07. The summed E-state index contributed by atoms with van der Waals surface area (Å²) in [6.07, 6.45) is -3.81. The summed E-state index contributed by atoms with van der Waals surface area (Å²) < 4.78 is 41.2. The zero-order chi connectivity index (χ0) is 13.6. The van der Waals surface area contributed by atoms with Gasteiger partial charge in [0.2, 0.25) is 0 Å². The Morgan fingerprint density at radius 1 is 1.28 bits per heavy atom. The van der Waals surface area contributed by atoms with E-state index < -0.39 is 12.8 Å². The zero-order valence-corrected chi connectivity index (χ0v) is 11.1. The van der Waals surface area contributed by atoms with Crippen LogP contribution in [0.2, 0.25) is 0 Å². The van der Waals surface area contributed by atoms with Crippen molar-refractivity contribution in [3.8, 4) is 0 Å². The summed E-state index contributed by atoms with van der Waals surface area (Å²) >= 11 is 3.30. The zero-order valence-electron chi connectivity index (χ0n) is 9.51. The van der Waals surface area contributed by atoms with E-state index in [1.54, 1.807) is 0 Å². The first-order valence-electron chi connectivity index (χ1n) is 5.26. The van der Waals surface area contributed by atoms with Gasteiger partial charge in [-0.1, -0.05) is 28.1 Å². The predicted molar refractivity (Wildman–Crippen MR) is 65.8 cm³/mol. The van der Waals surface area contributed by atoms with Crippen LogP contribution < -0.4 is 11.3 Å². The molecule has 1 rings (SSSR count). The highest BCUT2D eigenvalue weighted by Crippen LogP contribution is 2.15. The van der Waals surface area contributed by atoms with Gasteiger partial charge in [-0.05, 0) is 24.1 Å². The number of hydrogen-bond donors (Lipinski definition) is 2. The molecule has 1 aromatic rings. The van der Waals surface area contributed by atoms with E-state index in [4.69, 9.17) is 5.84 Å². The van der Waals surface area contributed by atoms with Gasteiger partial charge in [0.05, 0.1) is 6.61 Å². The first kappa shape index (κ1) is 15.4. The maximum atomic E-state index is 11.9. The molecule has 0 fully saturated rings. The Labute approximate surface area is 112 Å². The molecule has 1 aromatic carbocycles. The van der Waals surface area contributed by atoms with Crippen LogP contribution in [-0.2, 0) is 11.2 Å². The first-order chi connectivity index (χ1) is 8.40. The molecule has 102 valence electrons. The van der Waals surface area contributed by atoms with Crippen LogP contribution in [0.4, 0.5) is 13.2 Å². The number of ether oxygens (including phenoxy) is 1. The topological polar surface area (TPSA) is 47.3 Å². The van der Waals surface area contributed by atoms with Crippen LogP contribution in [0.25, 0.3) is 0 Å². The SMILES string of the molecule is NNC(COCC(F)(F)F)Cc1ccc(Br)cc1. The summed E-state index contributed by atoms with van der Waals surface area (Å²) in [4.78, 5) is 0. The van der Waals surface area contributed by atoms with Crippen LogP contribution in [-0.4, -0.2) is 25.4 Å². The normalized spacial score (nSPS) is 13.6. The van der Waals surface area contributed by atoms with E-state index in [1.807, 2.05) is 24.3 Å². The van der Waals surface area contributed by atoms with Crippen LogP contribution >= 0.6 is 15.9 Å². The van der Waals surface area contributed by atoms with Crippen molar-refractivity contribution in [2.24, 2.45) is 5.84 Å². The molecule has 3 nitrogen and oxygen atoms in total. The van der Waals surface area contributed by atoms with Crippen molar-refractivity contribution in [1.29, 1.82) is 0 Å². The molecule has 0 bridgehead atoms. The van der Waals surface area contributed by atoms with E-state index in [0.29, 0.717) is 6.42 Å². The number of alkyl halides is 3. The van der Waals surface area contributed by atoms with Crippen molar-refractivity contribution < 1.29 is 17.9 Å². The summed E-state index contributed by atoms with van der Waals surface area (Å²) in [5.74, 6) is 5.28. The molecule has 0 saturated carbocycles. The Morgan fingerprint density at radius 2 is 1.89 bits per heavy atom. The fourth-order valence-corrected chi connectivity index (χ4v) is 1.65. The minimum absolute atomic E-state index is 0.0912. The second kappa shape index (κ2) is 7.08. The molecule has 0 saturated heterocycles. The Hall–Kier alpha value is -0.630. The van der Waals surface area contributed by atoms with E-state index in [9.17, 15) is 13.2 Å². The smallest absolute Gasteiger partial charge is 0.370 e. The molecule has 0 heterocycles. The molecule has 0 radical (unpaired) electrons. The molecule has 0 aliphatic heterocycles. The van der Waals surface area contributed by atoms with Crippen molar-refractivity contribution in [2.45, 2.75) is 18.6 Å². The van der Waals surface area contributed by atoms with Gasteiger partial charge in [0, 0.05) is 10.5 Å². The largest absolute Gasteiger partial charge is 0.411 e. The highest BCUT2D eigenvalue weighted by atomic mass is 79.9. The van der Waals surface area contributed by atoms with E-state index in [2.05, 4.69) is 26.1 Å². The standard InChI is InChI=1S/C11H14BrF3N2O/c12-9-3-1-8(2-4-9)5-10(17-16)6-18-7-11(13,14)15/h1-4,10,17H,5-7,16H2. The third-order valence-electron chi connectivity index (χ3n) is 2.22. The lowest BCUT2D eigenvalue weighted by atomic mass is 10.1. The molecule has 0 aliphatic rings. The lowest BCUT2D eigenvalue weighted by Crippen LogP contribution is -2.41. The molecule has 3 N–H and O–H groups in total. The average molecular weight is 327 g/mol. The molecule has 0 spiro atoms. The van der Waals surface area contributed by atoms with Gasteiger partial charge in [0.25, 0.3) is 0 Å². The van der Waals surface area contributed by atoms with Gasteiger partial charge < -0.3 is 4.74 Å². The molecular formula is C11H14BrF3N2O. The molecule has 7 heteroatoms. The Morgan fingerprint density at radius 3 is 2.39 bits per heavy atom. The lowest BCUT2D eigenvalue weighted by Gasteiger charge is -2.17. The van der Waals surface area contributed by atoms with Crippen LogP contribution in [0.3, 0.4) is 0 Å². The predicted octanol–water partition coefficient (Wildman–Crippen LogP) is 2.40. The second-order valence-electron chi connectivity index (χ2n) is 3.82. The molecular weight excluding hydrogens is 313 g/mol. The Bertz CT molecular complexity index is 356. The van der Waals surface area contributed by atoms with E-state index >= 15 is 0 Å². The van der Waals surface area contributed by atoms with Crippen LogP contribution in [0, 0.1) is 0 Å². The van der Waals surface area contributed by atoms with Crippen LogP contribution in [0.5, 0.6) is 0 Å². The van der Waals surface area contributed by atoms with Crippen molar-refractivity contribution in [3.05, 3.63) is 34.3 Å². The maximum Gasteiger partial charge on any atom is 0.411 e. The number of hydrazine groups is 1. The quantitative estimate of drug-likeness (QED) is 0.623. The number of nitrogens with two attached hydrogens (primary N) is 1. The molecule has 0 amide bonds. The van der Waals surface area contributed by atoms with Gasteiger partial charge in [-0.2, -0.15) is 13.2 Å². The van der Waals surface area contributed by atoms with E-state index in [1.165, 1.54) is 0 Å². The fourth-order valence-electron chi connectivity index (χ4n) is 1.39. The van der Waals surface area contributed by atoms with Crippen molar-refractivity contribution in [3.63, 3.8) is 0 Å². The third-order valence-corrected chi connectivity index (χ3v) is 2.74. The number of rotatable bonds is 6. The summed E-state index contributed by atoms with van der Waals surface area (Å²) in [6, 6.07) is 7.11. The third kappa shape index (κ3) is 6.34. The lowest BCUT2D eigenvalue weighted by molar-refractivity contribution is -0.175. The minimum atomic E-state index is -4.31. The molecule has 1 atom stereocenters. The van der Waals surface area contributed by atoms with Crippen molar-refractivity contribution >= 4 is 15.9 Å². The highest BCUT2D eigenvalue weighted by Gasteiger charge is 2.27. The van der Waals surface area contributed by atoms with Gasteiger partial charge in [-0.25, -0.2) is 0 Å². The first-order valence-corrected chi connectivity index (χ1v) is 6.05. The summed E-state index contributed by atoms with van der Waals surface area (Å²) in [5, 5.41) is 0. The van der Waals surface area contributed by atoms with Crippen LogP contribution in [0.1, 0.15) is 5.56 Å².